The first-order valence-electron chi connectivity index (χ1n) is 9.24. The van der Waals surface area contributed by atoms with Crippen molar-refractivity contribution in [2.24, 2.45) is 0 Å². The Morgan fingerprint density at radius 2 is 1.62 bits per heavy atom. The van der Waals surface area contributed by atoms with E-state index in [9.17, 15) is 18.0 Å². The number of alkyl halides is 3. The monoisotopic (exact) mass is 401 g/mol. The summed E-state index contributed by atoms with van der Waals surface area (Å²) in [6.07, 6.45) is -4.42. The molecule has 3 rings (SSSR count). The van der Waals surface area contributed by atoms with Gasteiger partial charge in [0, 0.05) is 0 Å². The maximum absolute atomic E-state index is 12.9. The number of ether oxygens (including phenoxy) is 1. The lowest BCUT2D eigenvalue weighted by molar-refractivity contribution is -0.137. The minimum atomic E-state index is -4.42. The molecule has 29 heavy (non-hydrogen) atoms. The fourth-order valence-corrected chi connectivity index (χ4v) is 3.20. The fraction of sp³-hybridized carbons (Fsp3) is 0.261. The van der Waals surface area contributed by atoms with Crippen LogP contribution in [0.2, 0.25) is 0 Å². The summed E-state index contributed by atoms with van der Waals surface area (Å²) in [5, 5.41) is 4.79. The summed E-state index contributed by atoms with van der Waals surface area (Å²) in [6.45, 7) is 3.45. The molecule has 0 spiro atoms. The van der Waals surface area contributed by atoms with Gasteiger partial charge in [-0.15, -0.1) is 0 Å². The Morgan fingerprint density at radius 1 is 0.931 bits per heavy atom. The summed E-state index contributed by atoms with van der Waals surface area (Å²) in [6, 6.07) is 15.9. The van der Waals surface area contributed by atoms with Gasteiger partial charge in [0.05, 0.1) is 24.6 Å². The number of hydrogen-bond donors (Lipinski definition) is 1. The van der Waals surface area contributed by atoms with E-state index in [0.717, 1.165) is 34.2 Å². The van der Waals surface area contributed by atoms with Crippen LogP contribution in [0.4, 0.5) is 13.2 Å². The molecule has 0 bridgehead atoms. The average Bonchev–Trinajstić information content (AvgIpc) is 2.71. The van der Waals surface area contributed by atoms with Crippen LogP contribution in [0.5, 0.6) is 5.75 Å². The molecule has 6 heteroatoms. The first-order chi connectivity index (χ1) is 13.7. The first-order valence-corrected chi connectivity index (χ1v) is 9.24. The number of rotatable bonds is 5. The van der Waals surface area contributed by atoms with Crippen LogP contribution in [0.25, 0.3) is 10.8 Å². The highest BCUT2D eigenvalue weighted by atomic mass is 19.4. The standard InChI is InChI=1S/C23H22F3NO2/c1-14(16-7-8-19-13-21(29-3)10-9-18(19)11-16)22(28)27-15(2)17-5-4-6-20(12-17)23(24,25)26/h4-15H,1-3H3,(H,27,28)/t14-,15?/m0/s1. The van der Waals surface area contributed by atoms with E-state index < -0.39 is 23.7 Å². The predicted octanol–water partition coefficient (Wildman–Crippen LogP) is 5.85. The third-order valence-corrected chi connectivity index (χ3v) is 5.04. The quantitative estimate of drug-likeness (QED) is 0.583. The van der Waals surface area contributed by atoms with Crippen molar-refractivity contribution in [3.8, 4) is 5.75 Å². The topological polar surface area (TPSA) is 38.3 Å². The highest BCUT2D eigenvalue weighted by Gasteiger charge is 2.31. The second kappa shape index (κ2) is 8.15. The number of nitrogens with one attached hydrogen (secondary N) is 1. The molecule has 2 atom stereocenters. The molecule has 3 nitrogen and oxygen atoms in total. The number of amides is 1. The van der Waals surface area contributed by atoms with E-state index in [4.69, 9.17) is 4.74 Å². The van der Waals surface area contributed by atoms with Gasteiger partial charge in [0.1, 0.15) is 5.75 Å². The van der Waals surface area contributed by atoms with Gasteiger partial charge in [0.25, 0.3) is 0 Å². The van der Waals surface area contributed by atoms with Gasteiger partial charge in [0.15, 0.2) is 0 Å². The van der Waals surface area contributed by atoms with Gasteiger partial charge in [0.2, 0.25) is 5.91 Å². The van der Waals surface area contributed by atoms with E-state index in [2.05, 4.69) is 5.32 Å². The molecule has 3 aromatic carbocycles. The molecule has 0 aliphatic carbocycles. The molecule has 0 radical (unpaired) electrons. The van der Waals surface area contributed by atoms with E-state index >= 15 is 0 Å². The van der Waals surface area contributed by atoms with Crippen molar-refractivity contribution in [1.29, 1.82) is 0 Å². The van der Waals surface area contributed by atoms with Gasteiger partial charge in [-0.3, -0.25) is 4.79 Å². The van der Waals surface area contributed by atoms with Crippen LogP contribution >= 0.6 is 0 Å². The first kappa shape index (κ1) is 20.7. The van der Waals surface area contributed by atoms with Crippen LogP contribution in [-0.2, 0) is 11.0 Å². The lowest BCUT2D eigenvalue weighted by Gasteiger charge is -2.19. The highest BCUT2D eigenvalue weighted by Crippen LogP contribution is 2.31. The smallest absolute Gasteiger partial charge is 0.416 e. The Balaban J connectivity index is 1.75. The molecule has 3 aromatic rings. The Morgan fingerprint density at radius 3 is 2.31 bits per heavy atom. The van der Waals surface area contributed by atoms with Gasteiger partial charge >= 0.3 is 6.18 Å². The van der Waals surface area contributed by atoms with Crippen molar-refractivity contribution < 1.29 is 22.7 Å². The molecule has 0 saturated carbocycles. The van der Waals surface area contributed by atoms with E-state index in [1.807, 2.05) is 36.4 Å². The van der Waals surface area contributed by atoms with Crippen molar-refractivity contribution >= 4 is 16.7 Å². The second-order valence-corrected chi connectivity index (χ2v) is 7.05. The van der Waals surface area contributed by atoms with Gasteiger partial charge < -0.3 is 10.1 Å². The second-order valence-electron chi connectivity index (χ2n) is 7.05. The van der Waals surface area contributed by atoms with Gasteiger partial charge in [-0.05, 0) is 60.0 Å². The Kier molecular flexibility index (Phi) is 5.82. The SMILES string of the molecule is COc1ccc2cc([C@H](C)C(=O)NC(C)c3cccc(C(F)(F)F)c3)ccc2c1. The predicted molar refractivity (Wildman–Crippen MR) is 107 cm³/mol. The molecule has 1 amide bonds. The number of hydrogen-bond acceptors (Lipinski definition) is 2. The van der Waals surface area contributed by atoms with Crippen molar-refractivity contribution in [2.45, 2.75) is 32.0 Å². The van der Waals surface area contributed by atoms with Crippen LogP contribution < -0.4 is 10.1 Å². The zero-order valence-corrected chi connectivity index (χ0v) is 16.4. The van der Waals surface area contributed by atoms with Gasteiger partial charge in [-0.2, -0.15) is 13.2 Å². The normalized spacial score (nSPS) is 13.7. The molecule has 152 valence electrons. The van der Waals surface area contributed by atoms with Crippen molar-refractivity contribution in [3.63, 3.8) is 0 Å². The number of methoxy groups -OCH3 is 1. The van der Waals surface area contributed by atoms with E-state index in [1.54, 1.807) is 27.0 Å². The highest BCUT2D eigenvalue weighted by molar-refractivity contribution is 5.88. The molecule has 0 aliphatic rings. The van der Waals surface area contributed by atoms with Crippen LogP contribution in [-0.4, -0.2) is 13.0 Å². The minimum absolute atomic E-state index is 0.247. The molecular formula is C23H22F3NO2. The Labute approximate surface area is 167 Å². The van der Waals surface area contributed by atoms with Crippen LogP contribution in [0.3, 0.4) is 0 Å². The zero-order chi connectivity index (χ0) is 21.2. The lowest BCUT2D eigenvalue weighted by Crippen LogP contribution is -2.30. The van der Waals surface area contributed by atoms with Crippen molar-refractivity contribution in [1.82, 2.24) is 5.32 Å². The molecular weight excluding hydrogens is 379 g/mol. The van der Waals surface area contributed by atoms with E-state index in [-0.39, 0.29) is 5.91 Å². The summed E-state index contributed by atoms with van der Waals surface area (Å²) in [5.74, 6) is 0.0588. The maximum atomic E-state index is 12.9. The number of benzene rings is 3. The number of fused-ring (bicyclic) bond motifs is 1. The summed E-state index contributed by atoms with van der Waals surface area (Å²) in [5.41, 5.74) is 0.511. The maximum Gasteiger partial charge on any atom is 0.416 e. The van der Waals surface area contributed by atoms with Crippen LogP contribution in [0, 0.1) is 0 Å². The average molecular weight is 401 g/mol. The van der Waals surface area contributed by atoms with Crippen LogP contribution in [0.1, 0.15) is 42.5 Å². The summed E-state index contributed by atoms with van der Waals surface area (Å²) >= 11 is 0. The van der Waals surface area contributed by atoms with Crippen LogP contribution in [0.15, 0.2) is 60.7 Å². The summed E-state index contributed by atoms with van der Waals surface area (Å²) in [4.78, 5) is 12.7. The molecule has 0 aromatic heterocycles. The van der Waals surface area contributed by atoms with E-state index in [1.165, 1.54) is 6.07 Å². The molecule has 0 heterocycles. The molecule has 0 aliphatic heterocycles. The largest absolute Gasteiger partial charge is 0.497 e. The third kappa shape index (κ3) is 4.70. The third-order valence-electron chi connectivity index (χ3n) is 5.04. The zero-order valence-electron chi connectivity index (χ0n) is 16.4. The van der Waals surface area contributed by atoms with Gasteiger partial charge in [-0.25, -0.2) is 0 Å². The Bertz CT molecular complexity index is 1030. The molecule has 0 saturated heterocycles. The summed E-state index contributed by atoms with van der Waals surface area (Å²) in [7, 11) is 1.60. The fourth-order valence-electron chi connectivity index (χ4n) is 3.20. The van der Waals surface area contributed by atoms with Crippen molar-refractivity contribution in [3.05, 3.63) is 77.4 Å². The molecule has 0 fully saturated rings. The van der Waals surface area contributed by atoms with Gasteiger partial charge in [-0.1, -0.05) is 36.4 Å². The van der Waals surface area contributed by atoms with E-state index in [0.29, 0.717) is 5.56 Å². The minimum Gasteiger partial charge on any atom is -0.497 e. The number of halogens is 3. The molecule has 1 N–H and O–H groups in total. The Hall–Kier alpha value is -3.02. The summed E-state index contributed by atoms with van der Waals surface area (Å²) < 4.78 is 44.0. The van der Waals surface area contributed by atoms with Crippen molar-refractivity contribution in [2.75, 3.05) is 7.11 Å². The lowest BCUT2D eigenvalue weighted by atomic mass is 9.96. The molecule has 1 unspecified atom stereocenters. The number of carbonyl (C=O) groups is 1. The number of carbonyl (C=O) groups excluding carboxylic acids is 1.